The van der Waals surface area contributed by atoms with Gasteiger partial charge in [0, 0.05) is 12.5 Å². The number of amides is 1. The maximum atomic E-state index is 14.1. The molecule has 1 heterocycles. The summed E-state index contributed by atoms with van der Waals surface area (Å²) >= 11 is 0. The fraction of sp³-hybridized carbons (Fsp3) is 0.857. The number of likely N-dealkylation sites (tertiary alicyclic amines) is 1. The van der Waals surface area contributed by atoms with Gasteiger partial charge in [-0.2, -0.15) is 0 Å². The fourth-order valence-electron chi connectivity index (χ4n) is 2.14. The summed E-state index contributed by atoms with van der Waals surface area (Å²) < 4.78 is 37.9. The molecule has 0 aliphatic carbocycles. The van der Waals surface area contributed by atoms with Crippen LogP contribution in [0.1, 0.15) is 40.5 Å². The number of hydrogen-bond acceptors (Lipinski definition) is 4. The van der Waals surface area contributed by atoms with Crippen LogP contribution in [0.5, 0.6) is 0 Å². The molecule has 1 aliphatic heterocycles. The van der Waals surface area contributed by atoms with Crippen molar-refractivity contribution >= 4 is 12.1 Å². The first kappa shape index (κ1) is 17.7. The number of piperidine rings is 1. The Kier molecular flexibility index (Phi) is 5.53. The highest BCUT2D eigenvalue weighted by atomic mass is 19.3. The molecule has 1 amide bonds. The van der Waals surface area contributed by atoms with E-state index in [4.69, 9.17) is 9.47 Å². The van der Waals surface area contributed by atoms with Crippen LogP contribution in [0.25, 0.3) is 0 Å². The Balaban J connectivity index is 2.61. The Bertz CT molecular complexity index is 393. The van der Waals surface area contributed by atoms with Gasteiger partial charge < -0.3 is 14.4 Å². The zero-order chi connectivity index (χ0) is 16.3. The van der Waals surface area contributed by atoms with Crippen molar-refractivity contribution in [2.75, 3.05) is 19.7 Å². The molecule has 1 rings (SSSR count). The van der Waals surface area contributed by atoms with Crippen LogP contribution in [0.2, 0.25) is 0 Å². The molecule has 21 heavy (non-hydrogen) atoms. The standard InChI is InChI=1S/C14H23F2NO4/c1-5-20-11(18)8-10-6-7-17(9-14(10,15)16)12(19)21-13(2,3)4/h10H,5-9H2,1-4H3/t10-/m0/s1. The predicted molar refractivity (Wildman–Crippen MR) is 72.1 cm³/mol. The van der Waals surface area contributed by atoms with Gasteiger partial charge >= 0.3 is 12.1 Å². The Labute approximate surface area is 123 Å². The SMILES string of the molecule is CCOC(=O)C[C@@H]1CCN(C(=O)OC(C)(C)C)CC1(F)F. The number of halogens is 2. The van der Waals surface area contributed by atoms with Crippen molar-refractivity contribution in [1.82, 2.24) is 4.90 Å². The zero-order valence-corrected chi connectivity index (χ0v) is 12.9. The molecule has 7 heteroatoms. The van der Waals surface area contributed by atoms with Crippen molar-refractivity contribution in [3.05, 3.63) is 0 Å². The van der Waals surface area contributed by atoms with E-state index in [9.17, 15) is 18.4 Å². The largest absolute Gasteiger partial charge is 0.466 e. The van der Waals surface area contributed by atoms with Gasteiger partial charge in [0.1, 0.15) is 5.60 Å². The average molecular weight is 307 g/mol. The van der Waals surface area contributed by atoms with Gasteiger partial charge in [-0.25, -0.2) is 13.6 Å². The van der Waals surface area contributed by atoms with Gasteiger partial charge in [-0.1, -0.05) is 0 Å². The summed E-state index contributed by atoms with van der Waals surface area (Å²) in [5, 5.41) is 0. The topological polar surface area (TPSA) is 55.8 Å². The highest BCUT2D eigenvalue weighted by Crippen LogP contribution is 2.35. The minimum atomic E-state index is -3.12. The van der Waals surface area contributed by atoms with Crippen molar-refractivity contribution in [3.63, 3.8) is 0 Å². The molecule has 0 aromatic heterocycles. The molecule has 0 spiro atoms. The van der Waals surface area contributed by atoms with E-state index in [-0.39, 0.29) is 26.0 Å². The first-order valence-electron chi connectivity index (χ1n) is 7.06. The summed E-state index contributed by atoms with van der Waals surface area (Å²) in [4.78, 5) is 24.1. The number of carbonyl (C=O) groups is 2. The number of alkyl halides is 2. The van der Waals surface area contributed by atoms with E-state index in [1.54, 1.807) is 27.7 Å². The summed E-state index contributed by atoms with van der Waals surface area (Å²) in [6, 6.07) is 0. The van der Waals surface area contributed by atoms with E-state index in [1.807, 2.05) is 0 Å². The molecule has 122 valence electrons. The zero-order valence-electron chi connectivity index (χ0n) is 12.9. The molecule has 1 aliphatic rings. The van der Waals surface area contributed by atoms with Crippen LogP contribution >= 0.6 is 0 Å². The first-order chi connectivity index (χ1) is 9.55. The van der Waals surface area contributed by atoms with Gasteiger partial charge in [0.2, 0.25) is 0 Å². The number of esters is 1. The molecule has 1 saturated heterocycles. The Morgan fingerprint density at radius 3 is 2.43 bits per heavy atom. The molecular formula is C14H23F2NO4. The minimum absolute atomic E-state index is 0.0467. The van der Waals surface area contributed by atoms with Gasteiger partial charge in [-0.3, -0.25) is 4.79 Å². The van der Waals surface area contributed by atoms with Crippen LogP contribution in [0, 0.1) is 5.92 Å². The molecule has 1 atom stereocenters. The predicted octanol–water partition coefficient (Wildman–Crippen LogP) is 2.83. The minimum Gasteiger partial charge on any atom is -0.466 e. The lowest BCUT2D eigenvalue weighted by molar-refractivity contribution is -0.154. The molecule has 0 aromatic carbocycles. The van der Waals surface area contributed by atoms with E-state index < -0.39 is 36.0 Å². The summed E-state index contributed by atoms with van der Waals surface area (Å²) in [5.74, 6) is -4.86. The molecule has 1 fully saturated rings. The van der Waals surface area contributed by atoms with Crippen LogP contribution in [0.15, 0.2) is 0 Å². The Morgan fingerprint density at radius 1 is 1.33 bits per heavy atom. The quantitative estimate of drug-likeness (QED) is 0.752. The van der Waals surface area contributed by atoms with Crippen molar-refractivity contribution in [1.29, 1.82) is 0 Å². The third kappa shape index (κ3) is 5.47. The lowest BCUT2D eigenvalue weighted by atomic mass is 9.90. The van der Waals surface area contributed by atoms with E-state index >= 15 is 0 Å². The van der Waals surface area contributed by atoms with Gasteiger partial charge in [-0.15, -0.1) is 0 Å². The highest BCUT2D eigenvalue weighted by Gasteiger charge is 2.47. The Hall–Kier alpha value is -1.40. The van der Waals surface area contributed by atoms with Crippen LogP contribution in [0.3, 0.4) is 0 Å². The second kappa shape index (κ2) is 6.58. The van der Waals surface area contributed by atoms with E-state index in [0.717, 1.165) is 4.90 Å². The van der Waals surface area contributed by atoms with E-state index in [0.29, 0.717) is 0 Å². The van der Waals surface area contributed by atoms with Crippen molar-refractivity contribution in [2.45, 2.75) is 52.1 Å². The molecule has 5 nitrogen and oxygen atoms in total. The van der Waals surface area contributed by atoms with Crippen molar-refractivity contribution in [3.8, 4) is 0 Å². The number of hydrogen-bond donors (Lipinski definition) is 0. The van der Waals surface area contributed by atoms with Crippen LogP contribution in [0.4, 0.5) is 13.6 Å². The molecule has 0 unspecified atom stereocenters. The average Bonchev–Trinajstić information content (AvgIpc) is 2.29. The summed E-state index contributed by atoms with van der Waals surface area (Å²) in [5.41, 5.74) is -0.728. The second-order valence-electron chi connectivity index (χ2n) is 6.16. The van der Waals surface area contributed by atoms with Crippen molar-refractivity contribution in [2.24, 2.45) is 5.92 Å². The molecule has 0 saturated carbocycles. The van der Waals surface area contributed by atoms with Gasteiger partial charge in [0.25, 0.3) is 5.92 Å². The lowest BCUT2D eigenvalue weighted by Gasteiger charge is -2.38. The van der Waals surface area contributed by atoms with Crippen molar-refractivity contribution < 1.29 is 27.8 Å². The smallest absolute Gasteiger partial charge is 0.410 e. The lowest BCUT2D eigenvalue weighted by Crippen LogP contribution is -2.52. The summed E-state index contributed by atoms with van der Waals surface area (Å²) in [7, 11) is 0. The molecule has 0 aromatic rings. The highest BCUT2D eigenvalue weighted by molar-refractivity contribution is 5.70. The molecule has 0 bridgehead atoms. The van der Waals surface area contributed by atoms with Gasteiger partial charge in [0.05, 0.1) is 19.6 Å². The monoisotopic (exact) mass is 307 g/mol. The number of ether oxygens (including phenoxy) is 2. The van der Waals surface area contributed by atoms with E-state index in [1.165, 1.54) is 0 Å². The summed E-state index contributed by atoms with van der Waals surface area (Å²) in [6.45, 7) is 6.24. The normalized spacial score (nSPS) is 21.8. The first-order valence-corrected chi connectivity index (χ1v) is 7.06. The second-order valence-corrected chi connectivity index (χ2v) is 6.16. The molecule has 0 radical (unpaired) electrons. The third-order valence-electron chi connectivity index (χ3n) is 3.12. The molecule has 0 N–H and O–H groups in total. The van der Waals surface area contributed by atoms with E-state index in [2.05, 4.69) is 0 Å². The van der Waals surface area contributed by atoms with Crippen LogP contribution in [-0.2, 0) is 14.3 Å². The number of rotatable bonds is 3. The van der Waals surface area contributed by atoms with Gasteiger partial charge in [-0.05, 0) is 34.1 Å². The van der Waals surface area contributed by atoms with Crippen LogP contribution in [-0.4, -0.2) is 48.2 Å². The maximum Gasteiger partial charge on any atom is 0.410 e. The van der Waals surface area contributed by atoms with Gasteiger partial charge in [0.15, 0.2) is 0 Å². The maximum absolute atomic E-state index is 14.1. The third-order valence-corrected chi connectivity index (χ3v) is 3.12. The number of carbonyl (C=O) groups excluding carboxylic acids is 2. The Morgan fingerprint density at radius 2 is 1.95 bits per heavy atom. The fourth-order valence-corrected chi connectivity index (χ4v) is 2.14. The molecular weight excluding hydrogens is 284 g/mol. The van der Waals surface area contributed by atoms with Crippen LogP contribution < -0.4 is 0 Å². The number of nitrogens with zero attached hydrogens (tertiary/aromatic N) is 1. The summed E-state index contributed by atoms with van der Waals surface area (Å²) in [6.07, 6.45) is -1.04.